The summed E-state index contributed by atoms with van der Waals surface area (Å²) in [6, 6.07) is 7.93. The standard InChI is InChI=1S/C20H21FN2O3/c21-15-3-1-13(2-4-15)12-23-20(24)22-8-5-17-16-7-10-25-18(16)11-14-6-9-26-19(14)17/h1-4,11H,5-10,12H2,(H2,22,23,24). The van der Waals surface area contributed by atoms with Gasteiger partial charge >= 0.3 is 6.03 Å². The van der Waals surface area contributed by atoms with Crippen molar-refractivity contribution < 1.29 is 18.7 Å². The summed E-state index contributed by atoms with van der Waals surface area (Å²) in [5.41, 5.74) is 4.41. The molecule has 2 aromatic rings. The lowest BCUT2D eigenvalue weighted by Crippen LogP contribution is -2.36. The van der Waals surface area contributed by atoms with E-state index in [9.17, 15) is 9.18 Å². The highest BCUT2D eigenvalue weighted by Crippen LogP contribution is 2.40. The molecule has 0 saturated carbocycles. The number of carbonyl (C=O) groups excluding carboxylic acids is 1. The Kier molecular flexibility index (Phi) is 4.65. The zero-order valence-electron chi connectivity index (χ0n) is 14.4. The van der Waals surface area contributed by atoms with Gasteiger partial charge < -0.3 is 20.1 Å². The van der Waals surface area contributed by atoms with E-state index in [0.717, 1.165) is 35.5 Å². The molecule has 2 amide bonds. The van der Waals surface area contributed by atoms with Gasteiger partial charge in [0.2, 0.25) is 0 Å². The second-order valence-corrected chi connectivity index (χ2v) is 6.50. The van der Waals surface area contributed by atoms with Crippen LogP contribution >= 0.6 is 0 Å². The molecule has 2 N–H and O–H groups in total. The van der Waals surface area contributed by atoms with Crippen LogP contribution in [0.4, 0.5) is 9.18 Å². The zero-order valence-corrected chi connectivity index (χ0v) is 14.4. The molecular weight excluding hydrogens is 335 g/mol. The van der Waals surface area contributed by atoms with Crippen molar-refractivity contribution in [3.8, 4) is 11.5 Å². The van der Waals surface area contributed by atoms with Crippen LogP contribution < -0.4 is 20.1 Å². The predicted octanol–water partition coefficient (Wildman–Crippen LogP) is 2.74. The minimum absolute atomic E-state index is 0.240. The average Bonchev–Trinajstić information content (AvgIpc) is 3.29. The lowest BCUT2D eigenvalue weighted by Gasteiger charge is -2.13. The molecule has 2 heterocycles. The Hall–Kier alpha value is -2.76. The third-order valence-electron chi connectivity index (χ3n) is 4.79. The molecule has 26 heavy (non-hydrogen) atoms. The summed E-state index contributed by atoms with van der Waals surface area (Å²) in [5, 5.41) is 5.66. The zero-order chi connectivity index (χ0) is 17.9. The van der Waals surface area contributed by atoms with Crippen LogP contribution in [0.3, 0.4) is 0 Å². The van der Waals surface area contributed by atoms with E-state index in [1.165, 1.54) is 23.3 Å². The first-order valence-corrected chi connectivity index (χ1v) is 8.90. The predicted molar refractivity (Wildman–Crippen MR) is 95.2 cm³/mol. The van der Waals surface area contributed by atoms with Gasteiger partial charge in [-0.3, -0.25) is 0 Å². The van der Waals surface area contributed by atoms with E-state index in [2.05, 4.69) is 16.7 Å². The Morgan fingerprint density at radius 2 is 1.88 bits per heavy atom. The fourth-order valence-corrected chi connectivity index (χ4v) is 3.50. The number of urea groups is 1. The number of hydrogen-bond donors (Lipinski definition) is 2. The van der Waals surface area contributed by atoms with Gasteiger partial charge in [0, 0.05) is 42.6 Å². The second-order valence-electron chi connectivity index (χ2n) is 6.50. The number of carbonyl (C=O) groups is 1. The molecule has 0 aromatic heterocycles. The van der Waals surface area contributed by atoms with E-state index in [0.29, 0.717) is 32.7 Å². The second kappa shape index (κ2) is 7.23. The number of ether oxygens (including phenoxy) is 2. The van der Waals surface area contributed by atoms with Gasteiger partial charge in [-0.25, -0.2) is 9.18 Å². The minimum Gasteiger partial charge on any atom is -0.493 e. The molecule has 136 valence electrons. The van der Waals surface area contributed by atoms with Crippen molar-refractivity contribution in [3.63, 3.8) is 0 Å². The summed E-state index contributed by atoms with van der Waals surface area (Å²) in [5.74, 6) is 1.65. The fourth-order valence-electron chi connectivity index (χ4n) is 3.50. The monoisotopic (exact) mass is 356 g/mol. The number of rotatable bonds is 5. The molecule has 0 bridgehead atoms. The molecule has 0 radical (unpaired) electrons. The first-order chi connectivity index (χ1) is 12.7. The van der Waals surface area contributed by atoms with Crippen molar-refractivity contribution in [2.75, 3.05) is 19.8 Å². The van der Waals surface area contributed by atoms with Gasteiger partial charge in [0.05, 0.1) is 13.2 Å². The van der Waals surface area contributed by atoms with Crippen LogP contribution in [-0.2, 0) is 25.8 Å². The molecule has 0 aliphatic carbocycles. The molecule has 5 nitrogen and oxygen atoms in total. The van der Waals surface area contributed by atoms with Gasteiger partial charge in [-0.1, -0.05) is 12.1 Å². The van der Waals surface area contributed by atoms with Crippen LogP contribution in [0.1, 0.15) is 22.3 Å². The Morgan fingerprint density at radius 3 is 2.73 bits per heavy atom. The third kappa shape index (κ3) is 3.45. The highest BCUT2D eigenvalue weighted by atomic mass is 19.1. The van der Waals surface area contributed by atoms with Gasteiger partial charge in [-0.05, 0) is 30.2 Å². The Morgan fingerprint density at radius 1 is 1.08 bits per heavy atom. The van der Waals surface area contributed by atoms with E-state index in [4.69, 9.17) is 9.47 Å². The van der Waals surface area contributed by atoms with Crippen LogP contribution in [0.15, 0.2) is 30.3 Å². The molecular formula is C20H21FN2O3. The van der Waals surface area contributed by atoms with Crippen LogP contribution in [-0.4, -0.2) is 25.8 Å². The van der Waals surface area contributed by atoms with Crippen LogP contribution in [0.5, 0.6) is 11.5 Å². The highest BCUT2D eigenvalue weighted by Gasteiger charge is 2.26. The van der Waals surface area contributed by atoms with Crippen molar-refractivity contribution in [1.82, 2.24) is 10.6 Å². The number of nitrogens with one attached hydrogen (secondary N) is 2. The summed E-state index contributed by atoms with van der Waals surface area (Å²) in [7, 11) is 0. The molecule has 0 unspecified atom stereocenters. The van der Waals surface area contributed by atoms with E-state index < -0.39 is 0 Å². The molecule has 2 aliphatic rings. The molecule has 2 aromatic carbocycles. The largest absolute Gasteiger partial charge is 0.493 e. The van der Waals surface area contributed by atoms with Crippen LogP contribution in [0.25, 0.3) is 0 Å². The van der Waals surface area contributed by atoms with Gasteiger partial charge in [0.25, 0.3) is 0 Å². The maximum atomic E-state index is 12.9. The molecule has 2 aliphatic heterocycles. The van der Waals surface area contributed by atoms with Crippen molar-refractivity contribution in [1.29, 1.82) is 0 Å². The first-order valence-electron chi connectivity index (χ1n) is 8.90. The minimum atomic E-state index is -0.285. The van der Waals surface area contributed by atoms with E-state index in [1.807, 2.05) is 0 Å². The summed E-state index contributed by atoms with van der Waals surface area (Å²) in [6.45, 7) is 2.29. The van der Waals surface area contributed by atoms with E-state index in [-0.39, 0.29) is 11.8 Å². The van der Waals surface area contributed by atoms with E-state index >= 15 is 0 Å². The molecule has 0 saturated heterocycles. The highest BCUT2D eigenvalue weighted by molar-refractivity contribution is 5.73. The van der Waals surface area contributed by atoms with Crippen molar-refractivity contribution in [2.24, 2.45) is 0 Å². The van der Waals surface area contributed by atoms with Crippen molar-refractivity contribution in [3.05, 3.63) is 58.4 Å². The van der Waals surface area contributed by atoms with E-state index in [1.54, 1.807) is 12.1 Å². The molecule has 6 heteroatoms. The fraction of sp³-hybridized carbons (Fsp3) is 0.350. The normalized spacial score (nSPS) is 14.2. The topological polar surface area (TPSA) is 59.6 Å². The average molecular weight is 356 g/mol. The Bertz CT molecular complexity index is 789. The number of fused-ring (bicyclic) bond motifs is 2. The molecule has 0 atom stereocenters. The lowest BCUT2D eigenvalue weighted by atomic mass is 9.97. The Balaban J connectivity index is 1.32. The lowest BCUT2D eigenvalue weighted by molar-refractivity contribution is 0.240. The summed E-state index contributed by atoms with van der Waals surface area (Å²) in [6.07, 6.45) is 2.50. The summed E-state index contributed by atoms with van der Waals surface area (Å²) >= 11 is 0. The van der Waals surface area contributed by atoms with Gasteiger partial charge in [-0.15, -0.1) is 0 Å². The molecule has 0 fully saturated rings. The number of hydrogen-bond acceptors (Lipinski definition) is 3. The van der Waals surface area contributed by atoms with Gasteiger partial charge in [0.1, 0.15) is 17.3 Å². The SMILES string of the molecule is O=C(NCCc1c2c(cc3c1OCC3)OCC2)NCc1ccc(F)cc1. The van der Waals surface area contributed by atoms with Gasteiger partial charge in [0.15, 0.2) is 0 Å². The summed E-state index contributed by atoms with van der Waals surface area (Å²) < 4.78 is 24.4. The summed E-state index contributed by atoms with van der Waals surface area (Å²) in [4.78, 5) is 12.0. The smallest absolute Gasteiger partial charge is 0.315 e. The number of amides is 2. The quantitative estimate of drug-likeness (QED) is 0.866. The maximum Gasteiger partial charge on any atom is 0.315 e. The maximum absolute atomic E-state index is 12.9. The van der Waals surface area contributed by atoms with Crippen molar-refractivity contribution in [2.45, 2.75) is 25.8 Å². The van der Waals surface area contributed by atoms with Crippen LogP contribution in [0.2, 0.25) is 0 Å². The first kappa shape index (κ1) is 16.7. The molecule has 4 rings (SSSR count). The molecule has 0 spiro atoms. The number of halogens is 1. The Labute approximate surface area is 151 Å². The van der Waals surface area contributed by atoms with Gasteiger partial charge in [-0.2, -0.15) is 0 Å². The number of benzene rings is 2. The van der Waals surface area contributed by atoms with Crippen LogP contribution in [0, 0.1) is 5.82 Å². The third-order valence-corrected chi connectivity index (χ3v) is 4.79. The van der Waals surface area contributed by atoms with Crippen molar-refractivity contribution >= 4 is 6.03 Å².